The molecule has 0 aromatic carbocycles. The molecule has 5 aliphatic rings. The van der Waals surface area contributed by atoms with Crippen molar-refractivity contribution in [3.05, 3.63) is 11.6 Å². The smallest absolute Gasteiger partial charge is 0.314 e. The molecule has 3 nitrogen and oxygen atoms in total. The van der Waals surface area contributed by atoms with Gasteiger partial charge in [0.25, 0.3) is 0 Å². The van der Waals surface area contributed by atoms with E-state index >= 15 is 0 Å². The number of carbonyl (C=O) groups is 1. The van der Waals surface area contributed by atoms with Crippen LogP contribution in [0, 0.1) is 51.8 Å². The fraction of sp³-hybridized carbons (Fsp3) is 0.897. The predicted octanol–water partition coefficient (Wildman–Crippen LogP) is 8.05. The molecule has 0 saturated heterocycles. The molecule has 188 valence electrons. The number of carbonyl (C=O) groups excluding carboxylic acids is 1. The number of rotatable bonds is 3. The predicted molar refractivity (Wildman–Crippen MR) is 130 cm³/mol. The molecule has 0 bridgehead atoms. The van der Waals surface area contributed by atoms with E-state index in [0.717, 1.165) is 43.4 Å². The summed E-state index contributed by atoms with van der Waals surface area (Å²) in [6, 6.07) is 0. The molecule has 0 amide bonds. The molecule has 33 heavy (non-hydrogen) atoms. The van der Waals surface area contributed by atoms with Crippen LogP contribution in [0.4, 0.5) is 4.53 Å². The lowest BCUT2D eigenvalue weighted by Gasteiger charge is -2.66. The standard InChI is InChI=1S/C28H43FO3.CH4/c1-18-7-5-13-26(3)21(18)11-15-27(4)22-12-16-28(25(30)31-17-32-29)14-6-8-19(2)24(28)20(22)9-10-23(26)27;/h9,18-19,21-24H,5-8,10-17H2,1-4H3;1H4. The quantitative estimate of drug-likeness (QED) is 0.242. The first-order chi connectivity index (χ1) is 15.3. The van der Waals surface area contributed by atoms with E-state index in [-0.39, 0.29) is 19.3 Å². The number of hydrogen-bond acceptors (Lipinski definition) is 3. The molecule has 0 aromatic heterocycles. The summed E-state index contributed by atoms with van der Waals surface area (Å²) in [5.41, 5.74) is 1.87. The molecular weight excluding hydrogens is 415 g/mol. The van der Waals surface area contributed by atoms with Crippen molar-refractivity contribution < 1.29 is 19.0 Å². The Labute approximate surface area is 201 Å². The Morgan fingerprint density at radius 3 is 2.48 bits per heavy atom. The van der Waals surface area contributed by atoms with Crippen molar-refractivity contribution in [2.45, 2.75) is 106 Å². The highest BCUT2D eigenvalue weighted by atomic mass is 19.3. The zero-order valence-electron chi connectivity index (χ0n) is 20.6. The van der Waals surface area contributed by atoms with Crippen LogP contribution in [0.3, 0.4) is 0 Å². The zero-order chi connectivity index (χ0) is 22.7. The number of allylic oxidation sites excluding steroid dienone is 2. The van der Waals surface area contributed by atoms with E-state index in [1.165, 1.54) is 44.9 Å². The minimum absolute atomic E-state index is 0. The highest BCUT2D eigenvalue weighted by molar-refractivity contribution is 5.78. The number of hydrogen-bond donors (Lipinski definition) is 0. The van der Waals surface area contributed by atoms with Crippen molar-refractivity contribution in [3.8, 4) is 0 Å². The molecule has 0 radical (unpaired) electrons. The summed E-state index contributed by atoms with van der Waals surface area (Å²) < 4.78 is 17.6. The van der Waals surface area contributed by atoms with E-state index in [1.807, 2.05) is 0 Å². The zero-order valence-corrected chi connectivity index (χ0v) is 20.6. The molecule has 0 heterocycles. The van der Waals surface area contributed by atoms with Gasteiger partial charge in [-0.3, -0.25) is 4.79 Å². The Morgan fingerprint density at radius 1 is 1.00 bits per heavy atom. The summed E-state index contributed by atoms with van der Waals surface area (Å²) in [4.78, 5) is 16.9. The van der Waals surface area contributed by atoms with Crippen molar-refractivity contribution in [1.82, 2.24) is 0 Å². The summed E-state index contributed by atoms with van der Waals surface area (Å²) in [6.45, 7) is 9.48. The highest BCUT2D eigenvalue weighted by Crippen LogP contribution is 2.70. The van der Waals surface area contributed by atoms with Gasteiger partial charge in [0.05, 0.1) is 5.41 Å². The first kappa shape index (κ1) is 25.2. The fourth-order valence-electron chi connectivity index (χ4n) is 10.3. The van der Waals surface area contributed by atoms with Crippen molar-refractivity contribution in [3.63, 3.8) is 0 Å². The van der Waals surface area contributed by atoms with Crippen LogP contribution in [0.25, 0.3) is 0 Å². The Kier molecular flexibility index (Phi) is 6.84. The summed E-state index contributed by atoms with van der Waals surface area (Å²) in [6.07, 6.45) is 15.7. The van der Waals surface area contributed by atoms with Crippen LogP contribution in [0.1, 0.15) is 106 Å². The second kappa shape index (κ2) is 8.95. The van der Waals surface area contributed by atoms with Crippen molar-refractivity contribution in [2.75, 3.05) is 6.79 Å². The maximum absolute atomic E-state index is 13.3. The Hall–Kier alpha value is -0.900. The molecule has 0 spiro atoms. The van der Waals surface area contributed by atoms with E-state index in [0.29, 0.717) is 22.7 Å². The average Bonchev–Trinajstić information content (AvgIpc) is 2.76. The lowest BCUT2D eigenvalue weighted by Crippen LogP contribution is -2.59. The van der Waals surface area contributed by atoms with Crippen LogP contribution in [0.15, 0.2) is 11.6 Å². The van der Waals surface area contributed by atoms with E-state index in [9.17, 15) is 9.32 Å². The Balaban J connectivity index is 0.00000259. The number of esters is 1. The van der Waals surface area contributed by atoms with Gasteiger partial charge in [0.2, 0.25) is 6.79 Å². The molecule has 5 rings (SSSR count). The first-order valence-electron chi connectivity index (χ1n) is 13.4. The van der Waals surface area contributed by atoms with Crippen molar-refractivity contribution >= 4 is 5.97 Å². The van der Waals surface area contributed by atoms with E-state index in [2.05, 4.69) is 38.7 Å². The monoisotopic (exact) mass is 462 g/mol. The minimum atomic E-state index is -0.581. The van der Waals surface area contributed by atoms with E-state index in [1.54, 1.807) is 5.57 Å². The summed E-state index contributed by atoms with van der Waals surface area (Å²) in [5.74, 6) is 3.55. The molecule has 4 heteroatoms. The fourth-order valence-corrected chi connectivity index (χ4v) is 10.3. The molecule has 0 N–H and O–H groups in total. The molecule has 0 aromatic rings. The third-order valence-corrected chi connectivity index (χ3v) is 11.6. The van der Waals surface area contributed by atoms with Crippen LogP contribution in [0.5, 0.6) is 0 Å². The van der Waals surface area contributed by atoms with Gasteiger partial charge in [0, 0.05) is 0 Å². The maximum Gasteiger partial charge on any atom is 0.314 e. The molecule has 9 atom stereocenters. The Morgan fingerprint density at radius 2 is 1.73 bits per heavy atom. The summed E-state index contributed by atoms with van der Waals surface area (Å²) in [7, 11) is 0. The van der Waals surface area contributed by atoms with Gasteiger partial charge in [-0.1, -0.05) is 72.5 Å². The number of ether oxygens (including phenoxy) is 1. The molecular formula is C29H47FO3. The number of halogens is 1. The SMILES string of the molecule is C.CC1CCCC2(C(=O)OCOF)CCC3C(=CCC4C3(C)CCC3C(C)CCCC34C)C12. The summed E-state index contributed by atoms with van der Waals surface area (Å²) >= 11 is 0. The van der Waals surface area contributed by atoms with Gasteiger partial charge < -0.3 is 4.74 Å². The maximum atomic E-state index is 13.3. The van der Waals surface area contributed by atoms with Gasteiger partial charge in [-0.05, 0) is 95.8 Å². The normalized spacial score (nSPS) is 48.7. The van der Waals surface area contributed by atoms with Crippen molar-refractivity contribution in [2.24, 2.45) is 51.8 Å². The first-order valence-corrected chi connectivity index (χ1v) is 13.4. The van der Waals surface area contributed by atoms with Crippen LogP contribution in [0.2, 0.25) is 0 Å². The highest BCUT2D eigenvalue weighted by Gasteiger charge is 2.63. The van der Waals surface area contributed by atoms with Gasteiger partial charge in [0.15, 0.2) is 0 Å². The third-order valence-electron chi connectivity index (χ3n) is 11.6. The Bertz CT molecular complexity index is 779. The van der Waals surface area contributed by atoms with Gasteiger partial charge >= 0.3 is 5.97 Å². The lowest BCUT2D eigenvalue weighted by molar-refractivity contribution is -0.225. The number of fused-ring (bicyclic) bond motifs is 7. The average molecular weight is 463 g/mol. The lowest BCUT2D eigenvalue weighted by atomic mass is 9.38. The van der Waals surface area contributed by atoms with Crippen LogP contribution in [-0.2, 0) is 14.5 Å². The molecule has 4 fully saturated rings. The molecule has 4 saturated carbocycles. The second-order valence-corrected chi connectivity index (χ2v) is 12.8. The topological polar surface area (TPSA) is 35.5 Å². The van der Waals surface area contributed by atoms with E-state index in [4.69, 9.17) is 4.74 Å². The minimum Gasteiger partial charge on any atom is -0.435 e. The third kappa shape index (κ3) is 3.55. The van der Waals surface area contributed by atoms with E-state index < -0.39 is 12.2 Å². The van der Waals surface area contributed by atoms with Gasteiger partial charge in [-0.15, -0.1) is 0 Å². The van der Waals surface area contributed by atoms with Crippen molar-refractivity contribution in [1.29, 1.82) is 0 Å². The second-order valence-electron chi connectivity index (χ2n) is 12.8. The molecule has 9 unspecified atom stereocenters. The molecule has 0 aliphatic heterocycles. The van der Waals surface area contributed by atoms with Gasteiger partial charge in [-0.2, -0.15) is 4.94 Å². The van der Waals surface area contributed by atoms with Crippen LogP contribution >= 0.6 is 0 Å². The van der Waals surface area contributed by atoms with Gasteiger partial charge in [0.1, 0.15) is 0 Å². The summed E-state index contributed by atoms with van der Waals surface area (Å²) in [5, 5.41) is 0. The van der Waals surface area contributed by atoms with Crippen LogP contribution < -0.4 is 0 Å². The largest absolute Gasteiger partial charge is 0.435 e. The van der Waals surface area contributed by atoms with Crippen LogP contribution in [-0.4, -0.2) is 12.8 Å². The molecule has 5 aliphatic carbocycles. The van der Waals surface area contributed by atoms with Gasteiger partial charge in [-0.25, -0.2) is 0 Å².